The molecular formula is C14H28N4O2. The van der Waals surface area contributed by atoms with Crippen LogP contribution in [0.5, 0.6) is 0 Å². The Balaban J connectivity index is 2.63. The van der Waals surface area contributed by atoms with Gasteiger partial charge in [0.1, 0.15) is 5.54 Å². The molecule has 0 aromatic rings. The van der Waals surface area contributed by atoms with Gasteiger partial charge in [-0.1, -0.05) is 13.8 Å². The van der Waals surface area contributed by atoms with Crippen LogP contribution in [0.15, 0.2) is 0 Å². The van der Waals surface area contributed by atoms with E-state index in [1.54, 1.807) is 18.7 Å². The SMILES string of the molecule is CC(C)[C@H](N)C(=O)NC(C)(C)C(=O)N1CCN(C)CC1. The molecule has 1 atom stereocenters. The molecule has 1 fully saturated rings. The van der Waals surface area contributed by atoms with E-state index in [9.17, 15) is 9.59 Å². The maximum atomic E-state index is 12.5. The lowest BCUT2D eigenvalue weighted by Crippen LogP contribution is -2.61. The molecule has 20 heavy (non-hydrogen) atoms. The average Bonchev–Trinajstić information content (AvgIpc) is 2.37. The molecule has 1 aliphatic heterocycles. The van der Waals surface area contributed by atoms with Crippen molar-refractivity contribution in [2.24, 2.45) is 11.7 Å². The zero-order valence-corrected chi connectivity index (χ0v) is 13.3. The van der Waals surface area contributed by atoms with Crippen molar-refractivity contribution in [3.63, 3.8) is 0 Å². The molecule has 0 bridgehead atoms. The van der Waals surface area contributed by atoms with E-state index in [4.69, 9.17) is 5.73 Å². The third-order valence-electron chi connectivity index (χ3n) is 3.78. The quantitative estimate of drug-likeness (QED) is 0.739. The topological polar surface area (TPSA) is 78.7 Å². The van der Waals surface area contributed by atoms with Gasteiger partial charge in [0.05, 0.1) is 6.04 Å². The molecule has 1 heterocycles. The Labute approximate surface area is 121 Å². The van der Waals surface area contributed by atoms with Gasteiger partial charge in [-0.25, -0.2) is 0 Å². The molecule has 0 spiro atoms. The standard InChI is InChI=1S/C14H28N4O2/c1-10(2)11(15)12(19)16-14(3,4)13(20)18-8-6-17(5)7-9-18/h10-11H,6-9,15H2,1-5H3,(H,16,19)/t11-/m0/s1. The summed E-state index contributed by atoms with van der Waals surface area (Å²) in [5, 5.41) is 2.78. The summed E-state index contributed by atoms with van der Waals surface area (Å²) < 4.78 is 0. The van der Waals surface area contributed by atoms with Crippen LogP contribution < -0.4 is 11.1 Å². The Morgan fingerprint density at radius 3 is 2.10 bits per heavy atom. The first-order chi connectivity index (χ1) is 9.15. The number of carbonyl (C=O) groups excluding carboxylic acids is 2. The van der Waals surface area contributed by atoms with Gasteiger partial charge in [0.25, 0.3) is 0 Å². The predicted molar refractivity (Wildman–Crippen MR) is 79.1 cm³/mol. The van der Waals surface area contributed by atoms with Gasteiger partial charge in [-0.15, -0.1) is 0 Å². The van der Waals surface area contributed by atoms with Gasteiger partial charge in [-0.3, -0.25) is 9.59 Å². The highest BCUT2D eigenvalue weighted by Gasteiger charge is 2.35. The minimum atomic E-state index is -0.917. The largest absolute Gasteiger partial charge is 0.341 e. The predicted octanol–water partition coefficient (Wildman–Crippen LogP) is -0.361. The Hall–Kier alpha value is -1.14. The molecular weight excluding hydrogens is 256 g/mol. The number of nitrogens with one attached hydrogen (secondary N) is 1. The summed E-state index contributed by atoms with van der Waals surface area (Å²) in [5.74, 6) is -0.271. The van der Waals surface area contributed by atoms with E-state index in [0.717, 1.165) is 13.1 Å². The smallest absolute Gasteiger partial charge is 0.247 e. The maximum Gasteiger partial charge on any atom is 0.247 e. The summed E-state index contributed by atoms with van der Waals surface area (Å²) in [4.78, 5) is 28.5. The number of amides is 2. The summed E-state index contributed by atoms with van der Waals surface area (Å²) >= 11 is 0. The second-order valence-electron chi connectivity index (χ2n) is 6.48. The number of rotatable bonds is 4. The van der Waals surface area contributed by atoms with Crippen LogP contribution in [0.4, 0.5) is 0 Å². The van der Waals surface area contributed by atoms with E-state index in [1.807, 2.05) is 20.9 Å². The lowest BCUT2D eigenvalue weighted by Gasteiger charge is -2.38. The second-order valence-corrected chi connectivity index (χ2v) is 6.48. The number of piperazine rings is 1. The summed E-state index contributed by atoms with van der Waals surface area (Å²) in [6, 6.07) is -0.588. The average molecular weight is 284 g/mol. The lowest BCUT2D eigenvalue weighted by atomic mass is 9.99. The van der Waals surface area contributed by atoms with Gasteiger partial charge >= 0.3 is 0 Å². The monoisotopic (exact) mass is 284 g/mol. The first-order valence-corrected chi connectivity index (χ1v) is 7.20. The van der Waals surface area contributed by atoms with Gasteiger partial charge in [-0.2, -0.15) is 0 Å². The number of carbonyl (C=O) groups is 2. The Kier molecular flexibility index (Phi) is 5.53. The van der Waals surface area contributed by atoms with Crippen molar-refractivity contribution in [2.45, 2.75) is 39.3 Å². The maximum absolute atomic E-state index is 12.5. The molecule has 6 heteroatoms. The highest BCUT2D eigenvalue weighted by Crippen LogP contribution is 2.12. The molecule has 3 N–H and O–H groups in total. The Bertz CT molecular complexity index is 360. The summed E-state index contributed by atoms with van der Waals surface area (Å²) in [6.45, 7) is 10.4. The van der Waals surface area contributed by atoms with Crippen LogP contribution in [-0.4, -0.2) is 66.4 Å². The van der Waals surface area contributed by atoms with Gasteiger partial charge < -0.3 is 20.9 Å². The Morgan fingerprint density at radius 2 is 1.65 bits per heavy atom. The van der Waals surface area contributed by atoms with Gasteiger partial charge in [0, 0.05) is 26.2 Å². The van der Waals surface area contributed by atoms with Crippen molar-refractivity contribution in [3.8, 4) is 0 Å². The number of nitrogens with two attached hydrogens (primary N) is 1. The van der Waals surface area contributed by atoms with Crippen LogP contribution in [0.2, 0.25) is 0 Å². The summed E-state index contributed by atoms with van der Waals surface area (Å²) in [5.41, 5.74) is 4.90. The fourth-order valence-corrected chi connectivity index (χ4v) is 2.15. The van der Waals surface area contributed by atoms with E-state index in [2.05, 4.69) is 10.2 Å². The van der Waals surface area contributed by atoms with Crippen molar-refractivity contribution in [1.29, 1.82) is 0 Å². The van der Waals surface area contributed by atoms with E-state index in [-0.39, 0.29) is 17.7 Å². The summed E-state index contributed by atoms with van der Waals surface area (Å²) in [6.07, 6.45) is 0. The molecule has 1 rings (SSSR count). The highest BCUT2D eigenvalue weighted by atomic mass is 16.2. The van der Waals surface area contributed by atoms with Gasteiger partial charge in [0.15, 0.2) is 0 Å². The molecule has 0 unspecified atom stereocenters. The van der Waals surface area contributed by atoms with E-state index in [0.29, 0.717) is 13.1 Å². The summed E-state index contributed by atoms with van der Waals surface area (Å²) in [7, 11) is 2.04. The molecule has 1 saturated heterocycles. The van der Waals surface area contributed by atoms with Crippen LogP contribution in [-0.2, 0) is 9.59 Å². The van der Waals surface area contributed by atoms with Gasteiger partial charge in [-0.05, 0) is 26.8 Å². The van der Waals surface area contributed by atoms with Gasteiger partial charge in [0.2, 0.25) is 11.8 Å². The van der Waals surface area contributed by atoms with Crippen LogP contribution >= 0.6 is 0 Å². The van der Waals surface area contributed by atoms with Crippen molar-refractivity contribution in [2.75, 3.05) is 33.2 Å². The zero-order chi connectivity index (χ0) is 15.5. The highest BCUT2D eigenvalue weighted by molar-refractivity contribution is 5.92. The van der Waals surface area contributed by atoms with E-state index in [1.165, 1.54) is 0 Å². The van der Waals surface area contributed by atoms with E-state index >= 15 is 0 Å². The molecule has 0 radical (unpaired) electrons. The minimum Gasteiger partial charge on any atom is -0.341 e. The van der Waals surface area contributed by atoms with Crippen LogP contribution in [0.3, 0.4) is 0 Å². The molecule has 2 amide bonds. The zero-order valence-electron chi connectivity index (χ0n) is 13.3. The normalized spacial score (nSPS) is 19.1. The molecule has 1 aliphatic rings. The fraction of sp³-hybridized carbons (Fsp3) is 0.857. The minimum absolute atomic E-state index is 0.0459. The molecule has 116 valence electrons. The molecule has 6 nitrogen and oxygen atoms in total. The molecule has 0 aromatic heterocycles. The van der Waals surface area contributed by atoms with Crippen molar-refractivity contribution >= 4 is 11.8 Å². The van der Waals surface area contributed by atoms with Crippen molar-refractivity contribution in [1.82, 2.24) is 15.1 Å². The van der Waals surface area contributed by atoms with Crippen LogP contribution in [0.1, 0.15) is 27.7 Å². The first kappa shape index (κ1) is 16.9. The van der Waals surface area contributed by atoms with Crippen LogP contribution in [0.25, 0.3) is 0 Å². The third-order valence-corrected chi connectivity index (χ3v) is 3.78. The number of likely N-dealkylation sites (N-methyl/N-ethyl adjacent to an activating group) is 1. The number of hydrogen-bond donors (Lipinski definition) is 2. The fourth-order valence-electron chi connectivity index (χ4n) is 2.15. The third kappa shape index (κ3) is 4.18. The van der Waals surface area contributed by atoms with Crippen molar-refractivity contribution in [3.05, 3.63) is 0 Å². The second kappa shape index (κ2) is 6.54. The molecule has 0 saturated carbocycles. The van der Waals surface area contributed by atoms with Crippen LogP contribution in [0, 0.1) is 5.92 Å². The molecule has 0 aliphatic carbocycles. The van der Waals surface area contributed by atoms with E-state index < -0.39 is 11.6 Å². The first-order valence-electron chi connectivity index (χ1n) is 7.20. The Morgan fingerprint density at radius 1 is 1.15 bits per heavy atom. The number of hydrogen-bond acceptors (Lipinski definition) is 4. The van der Waals surface area contributed by atoms with Crippen molar-refractivity contribution < 1.29 is 9.59 Å². The molecule has 0 aromatic carbocycles. The number of nitrogens with zero attached hydrogens (tertiary/aromatic N) is 2. The lowest BCUT2D eigenvalue weighted by molar-refractivity contribution is -0.142.